The van der Waals surface area contributed by atoms with Gasteiger partial charge in [-0.15, -0.1) is 0 Å². The van der Waals surface area contributed by atoms with Crippen molar-refractivity contribution >= 4 is 6.21 Å². The van der Waals surface area contributed by atoms with E-state index >= 15 is 0 Å². The van der Waals surface area contributed by atoms with Crippen molar-refractivity contribution in [3.8, 4) is 0 Å². The average molecular weight is 171 g/mol. The van der Waals surface area contributed by atoms with Crippen molar-refractivity contribution in [2.75, 3.05) is 0 Å². The molecule has 66 valence electrons. The predicted molar refractivity (Wildman–Crippen MR) is 38.8 cm³/mol. The number of rotatable bonds is 3. The molecule has 0 unspecified atom stereocenters. The zero-order valence-electron chi connectivity index (χ0n) is 6.60. The van der Waals surface area contributed by atoms with Crippen molar-refractivity contribution in [1.29, 1.82) is 0 Å². The van der Waals surface area contributed by atoms with Crippen molar-refractivity contribution in [3.05, 3.63) is 16.6 Å². The second-order valence-corrected chi connectivity index (χ2v) is 2.26. The molecule has 12 heavy (non-hydrogen) atoms. The van der Waals surface area contributed by atoms with Gasteiger partial charge in [-0.3, -0.25) is 4.63 Å². The van der Waals surface area contributed by atoms with E-state index in [4.69, 9.17) is 5.21 Å². The fourth-order valence-corrected chi connectivity index (χ4v) is 0.869. The van der Waals surface area contributed by atoms with Gasteiger partial charge in [0.2, 0.25) is 11.4 Å². The van der Waals surface area contributed by atoms with E-state index in [1.807, 2.05) is 6.92 Å². The third kappa shape index (κ3) is 1.52. The summed E-state index contributed by atoms with van der Waals surface area (Å²) in [6, 6.07) is 0. The maximum atomic E-state index is 10.8. The molecule has 0 spiro atoms. The molecule has 0 saturated carbocycles. The van der Waals surface area contributed by atoms with E-state index in [0.29, 0.717) is 12.1 Å². The third-order valence-electron chi connectivity index (χ3n) is 1.38. The Morgan fingerprint density at radius 3 is 3.17 bits per heavy atom. The summed E-state index contributed by atoms with van der Waals surface area (Å²) in [6.45, 7) is 1.95. The number of nitrogens with zero attached hydrogens (tertiary/aromatic N) is 3. The molecule has 0 aliphatic carbocycles. The average Bonchev–Trinajstić information content (AvgIpc) is 2.37. The Hall–Kier alpha value is -1.59. The molecule has 6 heteroatoms. The molecule has 0 amide bonds. The van der Waals surface area contributed by atoms with E-state index in [2.05, 4.69) is 14.9 Å². The predicted octanol–water partition coefficient (Wildman–Crippen LogP) is 0.0686. The maximum Gasteiger partial charge on any atom is 0.243 e. The van der Waals surface area contributed by atoms with Crippen LogP contribution in [0.25, 0.3) is 0 Å². The van der Waals surface area contributed by atoms with Crippen LogP contribution in [0.1, 0.15) is 24.7 Å². The molecule has 6 nitrogen and oxygen atoms in total. The molecular formula is C6H9N3O3. The lowest BCUT2D eigenvalue weighted by Crippen LogP contribution is -2.28. The molecule has 1 rings (SSSR count). The summed E-state index contributed by atoms with van der Waals surface area (Å²) in [4.78, 5) is 0.213. The minimum absolute atomic E-state index is 0.152. The van der Waals surface area contributed by atoms with Crippen LogP contribution in [0.15, 0.2) is 9.78 Å². The van der Waals surface area contributed by atoms with Gasteiger partial charge in [-0.25, -0.2) is 0 Å². The molecule has 0 aliphatic heterocycles. The van der Waals surface area contributed by atoms with Gasteiger partial charge in [0, 0.05) is 11.6 Å². The second kappa shape index (κ2) is 3.70. The molecule has 1 aromatic rings. The van der Waals surface area contributed by atoms with E-state index in [0.717, 1.165) is 12.6 Å². The van der Waals surface area contributed by atoms with Gasteiger partial charge < -0.3 is 10.4 Å². The smallest absolute Gasteiger partial charge is 0.243 e. The highest BCUT2D eigenvalue weighted by molar-refractivity contribution is 5.75. The summed E-state index contributed by atoms with van der Waals surface area (Å²) in [5.74, 6) is 0. The van der Waals surface area contributed by atoms with Crippen LogP contribution in [0.2, 0.25) is 0 Å². The highest BCUT2D eigenvalue weighted by Gasteiger charge is 2.15. The number of hydrogen-bond donors (Lipinski definition) is 1. The first-order valence-electron chi connectivity index (χ1n) is 3.55. The van der Waals surface area contributed by atoms with Crippen molar-refractivity contribution in [2.45, 2.75) is 19.8 Å². The zero-order valence-corrected chi connectivity index (χ0v) is 6.60. The lowest BCUT2D eigenvalue weighted by atomic mass is 10.2. The fourth-order valence-electron chi connectivity index (χ4n) is 0.869. The molecule has 0 aromatic carbocycles. The van der Waals surface area contributed by atoms with Crippen molar-refractivity contribution in [1.82, 2.24) is 5.16 Å². The lowest BCUT2D eigenvalue weighted by molar-refractivity contribution is -0.803. The first-order chi connectivity index (χ1) is 5.79. The largest absolute Gasteiger partial charge is 0.411 e. The summed E-state index contributed by atoms with van der Waals surface area (Å²) in [5, 5.41) is 25.2. The van der Waals surface area contributed by atoms with Gasteiger partial charge in [0.1, 0.15) is 6.21 Å². The van der Waals surface area contributed by atoms with E-state index in [9.17, 15) is 5.21 Å². The molecule has 0 saturated heterocycles. The molecule has 1 heterocycles. The van der Waals surface area contributed by atoms with Gasteiger partial charge in [0.25, 0.3) is 0 Å². The Labute approximate surface area is 68.6 Å². The summed E-state index contributed by atoms with van der Waals surface area (Å²) < 4.78 is 4.31. The van der Waals surface area contributed by atoms with Crippen LogP contribution in [0, 0.1) is 5.21 Å². The number of oxime groups is 1. The van der Waals surface area contributed by atoms with Crippen molar-refractivity contribution in [2.24, 2.45) is 5.16 Å². The first kappa shape index (κ1) is 8.51. The van der Waals surface area contributed by atoms with Crippen LogP contribution in [0.3, 0.4) is 0 Å². The normalized spacial score (nSPS) is 11.1. The van der Waals surface area contributed by atoms with Crippen molar-refractivity contribution in [3.63, 3.8) is 0 Å². The molecular weight excluding hydrogens is 162 g/mol. The maximum absolute atomic E-state index is 10.8. The number of aryl methyl sites for hydroxylation is 1. The monoisotopic (exact) mass is 171 g/mol. The standard InChI is InChI=1S/C6H9N3O3/c1-2-3-5-6(4-7-10)9(11)12-8-5/h4,10H,2-3H2,1H3/b7-4+. The van der Waals surface area contributed by atoms with Crippen molar-refractivity contribution < 1.29 is 14.7 Å². The van der Waals surface area contributed by atoms with E-state index in [-0.39, 0.29) is 10.6 Å². The zero-order chi connectivity index (χ0) is 8.97. The Morgan fingerprint density at radius 1 is 1.83 bits per heavy atom. The van der Waals surface area contributed by atoms with Crippen LogP contribution in [-0.2, 0) is 6.42 Å². The number of hydrogen-bond acceptors (Lipinski definition) is 5. The minimum Gasteiger partial charge on any atom is -0.411 e. The van der Waals surface area contributed by atoms with E-state index < -0.39 is 0 Å². The Balaban J connectivity index is 2.95. The summed E-state index contributed by atoms with van der Waals surface area (Å²) in [7, 11) is 0. The molecule has 0 aliphatic rings. The summed E-state index contributed by atoms with van der Waals surface area (Å²) in [6.07, 6.45) is 2.48. The van der Waals surface area contributed by atoms with Gasteiger partial charge in [-0.2, -0.15) is 0 Å². The van der Waals surface area contributed by atoms with Gasteiger partial charge >= 0.3 is 0 Å². The van der Waals surface area contributed by atoms with Gasteiger partial charge in [0.15, 0.2) is 0 Å². The fraction of sp³-hybridized carbons (Fsp3) is 0.500. The topological polar surface area (TPSA) is 85.6 Å². The van der Waals surface area contributed by atoms with Crippen LogP contribution in [-0.4, -0.2) is 16.6 Å². The van der Waals surface area contributed by atoms with Gasteiger partial charge in [0.05, 0.1) is 0 Å². The second-order valence-electron chi connectivity index (χ2n) is 2.26. The van der Waals surface area contributed by atoms with Gasteiger partial charge in [-0.05, 0) is 11.3 Å². The Kier molecular flexibility index (Phi) is 2.62. The SMILES string of the molecule is CCCc1no[n+]([O-])c1/C=N/O. The van der Waals surface area contributed by atoms with E-state index in [1.165, 1.54) is 0 Å². The molecule has 0 bridgehead atoms. The molecule has 1 N–H and O–H groups in total. The third-order valence-corrected chi connectivity index (χ3v) is 1.38. The minimum atomic E-state index is 0.152. The lowest BCUT2D eigenvalue weighted by Gasteiger charge is -1.87. The summed E-state index contributed by atoms with van der Waals surface area (Å²) >= 11 is 0. The number of aromatic nitrogens is 2. The van der Waals surface area contributed by atoms with Gasteiger partial charge in [-0.1, -0.05) is 12.1 Å². The molecule has 0 atom stereocenters. The van der Waals surface area contributed by atoms with Crippen LogP contribution in [0.5, 0.6) is 0 Å². The molecule has 0 radical (unpaired) electrons. The quantitative estimate of drug-likeness (QED) is 0.302. The van der Waals surface area contributed by atoms with Crippen LogP contribution in [0.4, 0.5) is 0 Å². The highest BCUT2D eigenvalue weighted by Crippen LogP contribution is 2.00. The Morgan fingerprint density at radius 2 is 2.58 bits per heavy atom. The molecule has 0 fully saturated rings. The van der Waals surface area contributed by atoms with Crippen LogP contribution >= 0.6 is 0 Å². The summed E-state index contributed by atoms with van der Waals surface area (Å²) in [5.41, 5.74) is 0.657. The van der Waals surface area contributed by atoms with Crippen LogP contribution < -0.4 is 4.90 Å². The highest BCUT2D eigenvalue weighted by atomic mass is 16.8. The Bertz CT molecular complexity index is 282. The molecule has 1 aromatic heterocycles. The van der Waals surface area contributed by atoms with E-state index in [1.54, 1.807) is 0 Å². The first-order valence-corrected chi connectivity index (χ1v) is 3.55.